The normalized spacial score (nSPS) is 13.1. The molecular formula is C13H18N4O2S. The molecule has 0 fully saturated rings. The Balaban J connectivity index is 2.12. The van der Waals surface area contributed by atoms with Crippen molar-refractivity contribution in [3.63, 3.8) is 0 Å². The maximum absolute atomic E-state index is 12.0. The van der Waals surface area contributed by atoms with E-state index in [1.807, 2.05) is 19.1 Å². The lowest BCUT2D eigenvalue weighted by molar-refractivity contribution is 0.598. The molecule has 0 aliphatic carbocycles. The lowest BCUT2D eigenvalue weighted by atomic mass is 10.1. The fourth-order valence-corrected chi connectivity index (χ4v) is 2.83. The van der Waals surface area contributed by atoms with Gasteiger partial charge in [0, 0.05) is 17.9 Å². The lowest BCUT2D eigenvalue weighted by Crippen LogP contribution is -2.17. The molecule has 1 unspecified atom stereocenters. The molecule has 0 bridgehead atoms. The highest BCUT2D eigenvalue weighted by atomic mass is 32.2. The van der Waals surface area contributed by atoms with Gasteiger partial charge < -0.3 is 5.32 Å². The summed E-state index contributed by atoms with van der Waals surface area (Å²) in [6, 6.07) is 7.54. The van der Waals surface area contributed by atoms with Crippen molar-refractivity contribution in [2.45, 2.75) is 24.8 Å². The topological polar surface area (TPSA) is 86.9 Å². The summed E-state index contributed by atoms with van der Waals surface area (Å²) in [6.45, 7) is 4.99. The summed E-state index contributed by atoms with van der Waals surface area (Å²) in [5.41, 5.74) is 1.64. The summed E-state index contributed by atoms with van der Waals surface area (Å²) in [5, 5.41) is 9.42. The van der Waals surface area contributed by atoms with Gasteiger partial charge in [-0.15, -0.1) is 0 Å². The largest absolute Gasteiger partial charge is 0.310 e. The van der Waals surface area contributed by atoms with E-state index in [2.05, 4.69) is 27.2 Å². The van der Waals surface area contributed by atoms with E-state index in [1.165, 1.54) is 12.4 Å². The van der Waals surface area contributed by atoms with Crippen LogP contribution in [0.25, 0.3) is 0 Å². The first-order valence-electron chi connectivity index (χ1n) is 6.38. The van der Waals surface area contributed by atoms with E-state index in [9.17, 15) is 8.42 Å². The molecule has 0 saturated heterocycles. The molecule has 0 aliphatic rings. The Hall–Kier alpha value is -1.86. The molecule has 1 aromatic heterocycles. The quantitative estimate of drug-likeness (QED) is 0.759. The van der Waals surface area contributed by atoms with Crippen molar-refractivity contribution in [1.29, 1.82) is 0 Å². The van der Waals surface area contributed by atoms with Crippen molar-refractivity contribution in [3.05, 3.63) is 42.2 Å². The molecule has 3 N–H and O–H groups in total. The second kappa shape index (κ2) is 6.06. The van der Waals surface area contributed by atoms with Gasteiger partial charge in [-0.05, 0) is 31.2 Å². The first-order valence-corrected chi connectivity index (χ1v) is 7.86. The SMILES string of the molecule is CCNC(C)c1ccc(NS(=O)(=O)c2cn[nH]c2)cc1. The van der Waals surface area contributed by atoms with Crippen LogP contribution in [-0.4, -0.2) is 25.2 Å². The van der Waals surface area contributed by atoms with Gasteiger partial charge in [-0.2, -0.15) is 5.10 Å². The molecule has 108 valence electrons. The van der Waals surface area contributed by atoms with Gasteiger partial charge in [-0.25, -0.2) is 8.42 Å². The van der Waals surface area contributed by atoms with Crippen LogP contribution < -0.4 is 10.0 Å². The number of benzene rings is 1. The average Bonchev–Trinajstić information content (AvgIpc) is 2.94. The minimum atomic E-state index is -3.57. The van der Waals surface area contributed by atoms with Gasteiger partial charge in [0.15, 0.2) is 0 Å². The van der Waals surface area contributed by atoms with Crippen LogP contribution in [0.3, 0.4) is 0 Å². The summed E-state index contributed by atoms with van der Waals surface area (Å²) >= 11 is 0. The highest BCUT2D eigenvalue weighted by Crippen LogP contribution is 2.18. The number of aromatic amines is 1. The van der Waals surface area contributed by atoms with Crippen molar-refractivity contribution < 1.29 is 8.42 Å². The number of nitrogens with zero attached hydrogens (tertiary/aromatic N) is 1. The zero-order chi connectivity index (χ0) is 14.6. The molecule has 0 spiro atoms. The Kier molecular flexibility index (Phi) is 4.41. The first kappa shape index (κ1) is 14.5. The van der Waals surface area contributed by atoms with Crippen LogP contribution in [-0.2, 0) is 10.0 Å². The summed E-state index contributed by atoms with van der Waals surface area (Å²) in [7, 11) is -3.57. The molecule has 1 aromatic carbocycles. The fourth-order valence-electron chi connectivity index (χ4n) is 1.86. The van der Waals surface area contributed by atoms with Gasteiger partial charge in [0.1, 0.15) is 4.90 Å². The minimum Gasteiger partial charge on any atom is -0.310 e. The maximum atomic E-state index is 12.0. The number of rotatable bonds is 6. The van der Waals surface area contributed by atoms with Crippen LogP contribution >= 0.6 is 0 Å². The van der Waals surface area contributed by atoms with Crippen LogP contribution in [0, 0.1) is 0 Å². The Morgan fingerprint density at radius 3 is 2.55 bits per heavy atom. The Bertz CT molecular complexity index is 636. The second-order valence-electron chi connectivity index (χ2n) is 4.44. The molecular weight excluding hydrogens is 276 g/mol. The molecule has 0 aliphatic heterocycles. The molecule has 1 heterocycles. The van der Waals surface area contributed by atoms with Gasteiger partial charge in [-0.1, -0.05) is 19.1 Å². The van der Waals surface area contributed by atoms with E-state index in [-0.39, 0.29) is 10.9 Å². The third-order valence-electron chi connectivity index (χ3n) is 2.96. The van der Waals surface area contributed by atoms with Crippen molar-refractivity contribution in [1.82, 2.24) is 15.5 Å². The fraction of sp³-hybridized carbons (Fsp3) is 0.308. The Labute approximate surface area is 118 Å². The summed E-state index contributed by atoms with van der Waals surface area (Å²) < 4.78 is 26.5. The van der Waals surface area contributed by atoms with Crippen molar-refractivity contribution in [2.24, 2.45) is 0 Å². The smallest absolute Gasteiger partial charge is 0.265 e. The highest BCUT2D eigenvalue weighted by Gasteiger charge is 2.15. The molecule has 20 heavy (non-hydrogen) atoms. The molecule has 2 aromatic rings. The predicted molar refractivity (Wildman–Crippen MR) is 77.9 cm³/mol. The Morgan fingerprint density at radius 1 is 1.30 bits per heavy atom. The number of aromatic nitrogens is 2. The molecule has 6 nitrogen and oxygen atoms in total. The molecule has 0 radical (unpaired) electrons. The van der Waals surface area contributed by atoms with Crippen LogP contribution in [0.5, 0.6) is 0 Å². The van der Waals surface area contributed by atoms with Gasteiger partial charge >= 0.3 is 0 Å². The molecule has 0 saturated carbocycles. The summed E-state index contributed by atoms with van der Waals surface area (Å²) in [4.78, 5) is 0.114. The zero-order valence-electron chi connectivity index (χ0n) is 11.4. The summed E-state index contributed by atoms with van der Waals surface area (Å²) in [5.74, 6) is 0. The van der Waals surface area contributed by atoms with E-state index >= 15 is 0 Å². The van der Waals surface area contributed by atoms with Gasteiger partial charge in [0.05, 0.1) is 6.20 Å². The van der Waals surface area contributed by atoms with Crippen LogP contribution in [0.2, 0.25) is 0 Å². The number of H-pyrrole nitrogens is 1. The predicted octanol–water partition coefficient (Wildman–Crippen LogP) is 1.88. The molecule has 2 rings (SSSR count). The maximum Gasteiger partial charge on any atom is 0.265 e. The van der Waals surface area contributed by atoms with Gasteiger partial charge in [-0.3, -0.25) is 9.82 Å². The molecule has 0 amide bonds. The van der Waals surface area contributed by atoms with Crippen molar-refractivity contribution >= 4 is 15.7 Å². The Morgan fingerprint density at radius 2 is 2.00 bits per heavy atom. The lowest BCUT2D eigenvalue weighted by Gasteiger charge is -2.13. The van der Waals surface area contributed by atoms with Gasteiger partial charge in [0.25, 0.3) is 10.0 Å². The average molecular weight is 294 g/mol. The second-order valence-corrected chi connectivity index (χ2v) is 6.12. The number of nitrogens with one attached hydrogen (secondary N) is 3. The van der Waals surface area contributed by atoms with Crippen molar-refractivity contribution in [2.75, 3.05) is 11.3 Å². The zero-order valence-corrected chi connectivity index (χ0v) is 12.2. The van der Waals surface area contributed by atoms with E-state index in [4.69, 9.17) is 0 Å². The third kappa shape index (κ3) is 3.37. The van der Waals surface area contributed by atoms with E-state index in [0.717, 1.165) is 12.1 Å². The van der Waals surface area contributed by atoms with Crippen LogP contribution in [0.4, 0.5) is 5.69 Å². The molecule has 7 heteroatoms. The minimum absolute atomic E-state index is 0.114. The highest BCUT2D eigenvalue weighted by molar-refractivity contribution is 7.92. The molecule has 1 atom stereocenters. The van der Waals surface area contributed by atoms with Gasteiger partial charge in [0.2, 0.25) is 0 Å². The number of hydrogen-bond acceptors (Lipinski definition) is 4. The number of sulfonamides is 1. The first-order chi connectivity index (χ1) is 9.53. The van der Waals surface area contributed by atoms with Crippen LogP contribution in [0.15, 0.2) is 41.6 Å². The van der Waals surface area contributed by atoms with E-state index in [0.29, 0.717) is 5.69 Å². The van der Waals surface area contributed by atoms with E-state index < -0.39 is 10.0 Å². The summed E-state index contributed by atoms with van der Waals surface area (Å²) in [6.07, 6.45) is 2.61. The van der Waals surface area contributed by atoms with E-state index in [1.54, 1.807) is 12.1 Å². The standard InChI is InChI=1S/C13H18N4O2S/c1-3-14-10(2)11-4-6-12(7-5-11)17-20(18,19)13-8-15-16-9-13/h4-10,14,17H,3H2,1-2H3,(H,15,16). The van der Waals surface area contributed by atoms with Crippen LogP contribution in [0.1, 0.15) is 25.5 Å². The van der Waals surface area contributed by atoms with Crippen molar-refractivity contribution in [3.8, 4) is 0 Å². The third-order valence-corrected chi connectivity index (χ3v) is 4.30. The monoisotopic (exact) mass is 294 g/mol. The number of hydrogen-bond donors (Lipinski definition) is 3. The number of anilines is 1.